The van der Waals surface area contributed by atoms with Crippen molar-refractivity contribution in [2.75, 3.05) is 0 Å². The highest BCUT2D eigenvalue weighted by molar-refractivity contribution is 7.80. The van der Waals surface area contributed by atoms with Crippen molar-refractivity contribution in [3.05, 3.63) is 215 Å². The van der Waals surface area contributed by atoms with Crippen LogP contribution in [0.5, 0.6) is 0 Å². The lowest BCUT2D eigenvalue weighted by atomic mass is 9.55. The summed E-state index contributed by atoms with van der Waals surface area (Å²) < 4.78 is 0. The normalized spacial score (nSPS) is 11.6. The van der Waals surface area contributed by atoms with Crippen LogP contribution >= 0.6 is 12.2 Å². The predicted octanol–water partition coefficient (Wildman–Crippen LogP) is 9.43. The Morgan fingerprint density at radius 3 is 0.575 bits per heavy atom. The maximum absolute atomic E-state index is 7.01. The molecule has 1 heteroatoms. The van der Waals surface area contributed by atoms with Crippen LogP contribution in [0, 0.1) is 0 Å². The molecular formula is C39H30S. The van der Waals surface area contributed by atoms with E-state index in [1.165, 1.54) is 0 Å². The molecule has 0 fully saturated rings. The SMILES string of the molecule is S=C(C(c1ccccc1)(c1ccccc1)c1ccccc1)C(c1ccccc1)(c1ccccc1)c1ccccc1. The van der Waals surface area contributed by atoms with E-state index in [9.17, 15) is 0 Å². The van der Waals surface area contributed by atoms with E-state index in [-0.39, 0.29) is 0 Å². The second kappa shape index (κ2) is 11.3. The number of hydrogen-bond donors (Lipinski definition) is 0. The minimum Gasteiger partial charge on any atom is -0.0862 e. The topological polar surface area (TPSA) is 0 Å². The van der Waals surface area contributed by atoms with Gasteiger partial charge < -0.3 is 0 Å². The first-order valence-electron chi connectivity index (χ1n) is 13.7. The quantitative estimate of drug-likeness (QED) is 0.139. The van der Waals surface area contributed by atoms with Gasteiger partial charge in [-0.3, -0.25) is 0 Å². The van der Waals surface area contributed by atoms with Gasteiger partial charge in [-0.1, -0.05) is 194 Å². The van der Waals surface area contributed by atoms with Crippen molar-refractivity contribution in [1.29, 1.82) is 0 Å². The average molecular weight is 531 g/mol. The molecule has 6 aromatic rings. The lowest BCUT2D eigenvalue weighted by Gasteiger charge is -2.47. The fraction of sp³-hybridized carbons (Fsp3) is 0.0513. The van der Waals surface area contributed by atoms with Crippen LogP contribution in [-0.2, 0) is 10.8 Å². The Balaban J connectivity index is 1.82. The van der Waals surface area contributed by atoms with Crippen molar-refractivity contribution in [3.8, 4) is 0 Å². The second-order valence-corrected chi connectivity index (χ2v) is 10.4. The summed E-state index contributed by atoms with van der Waals surface area (Å²) in [6.45, 7) is 0. The Hall–Kier alpha value is -4.59. The number of thiocarbonyl (C=S) groups is 1. The lowest BCUT2D eigenvalue weighted by Crippen LogP contribution is -2.51. The molecule has 6 rings (SSSR count). The summed E-state index contributed by atoms with van der Waals surface area (Å²) in [4.78, 5) is 0.909. The van der Waals surface area contributed by atoms with Crippen LogP contribution in [0.3, 0.4) is 0 Å². The summed E-state index contributed by atoms with van der Waals surface area (Å²) in [5.74, 6) is 0. The first-order chi connectivity index (χ1) is 19.8. The largest absolute Gasteiger partial charge is 0.0862 e. The Kier molecular flexibility index (Phi) is 7.23. The molecule has 0 aromatic heterocycles. The first kappa shape index (κ1) is 25.7. The van der Waals surface area contributed by atoms with Gasteiger partial charge in [-0.25, -0.2) is 0 Å². The molecule has 0 unspecified atom stereocenters. The van der Waals surface area contributed by atoms with Gasteiger partial charge in [0.05, 0.1) is 10.8 Å². The van der Waals surface area contributed by atoms with Crippen LogP contribution < -0.4 is 0 Å². The van der Waals surface area contributed by atoms with E-state index in [1.54, 1.807) is 0 Å². The van der Waals surface area contributed by atoms with Gasteiger partial charge in [0.25, 0.3) is 0 Å². The van der Waals surface area contributed by atoms with Crippen LogP contribution in [0.1, 0.15) is 33.4 Å². The maximum atomic E-state index is 7.01. The molecule has 0 aliphatic heterocycles. The molecule has 0 radical (unpaired) electrons. The van der Waals surface area contributed by atoms with Crippen molar-refractivity contribution in [2.45, 2.75) is 10.8 Å². The highest BCUT2D eigenvalue weighted by Gasteiger charge is 2.52. The fourth-order valence-electron chi connectivity index (χ4n) is 6.20. The zero-order valence-corrected chi connectivity index (χ0v) is 23.0. The van der Waals surface area contributed by atoms with Crippen molar-refractivity contribution in [2.24, 2.45) is 0 Å². The minimum absolute atomic E-state index is 0.735. The Labute approximate surface area is 242 Å². The van der Waals surface area contributed by atoms with Crippen molar-refractivity contribution >= 4 is 17.1 Å². The van der Waals surface area contributed by atoms with Gasteiger partial charge in [-0.05, 0) is 33.4 Å². The first-order valence-corrected chi connectivity index (χ1v) is 14.1. The molecule has 0 saturated carbocycles. The third kappa shape index (κ3) is 4.20. The van der Waals surface area contributed by atoms with Crippen LogP contribution in [0.4, 0.5) is 0 Å². The second-order valence-electron chi connectivity index (χ2n) is 10.0. The molecule has 0 heterocycles. The number of rotatable bonds is 8. The monoisotopic (exact) mass is 530 g/mol. The molecule has 0 spiro atoms. The predicted molar refractivity (Wildman–Crippen MR) is 171 cm³/mol. The van der Waals surface area contributed by atoms with E-state index in [0.29, 0.717) is 0 Å². The third-order valence-corrected chi connectivity index (χ3v) is 8.53. The molecule has 0 aliphatic carbocycles. The van der Waals surface area contributed by atoms with E-state index >= 15 is 0 Å². The number of benzene rings is 6. The molecule has 0 saturated heterocycles. The standard InChI is InChI=1S/C39H30S/c40-37(38(31-19-7-1-8-20-31,32-21-9-2-10-22-32)33-23-11-3-12-24-33)39(34-25-13-4-14-26-34,35-27-15-5-16-28-35)36-29-17-6-18-30-36/h1-30H. The lowest BCUT2D eigenvalue weighted by molar-refractivity contribution is 0.735. The maximum Gasteiger partial charge on any atom is 0.0780 e. The molecule has 0 aliphatic rings. The molecule has 0 bridgehead atoms. The van der Waals surface area contributed by atoms with Crippen molar-refractivity contribution < 1.29 is 0 Å². The van der Waals surface area contributed by atoms with Crippen LogP contribution in [-0.4, -0.2) is 4.86 Å². The highest BCUT2D eigenvalue weighted by atomic mass is 32.1. The third-order valence-electron chi connectivity index (χ3n) is 7.92. The van der Waals surface area contributed by atoms with E-state index in [2.05, 4.69) is 182 Å². The highest BCUT2D eigenvalue weighted by Crippen LogP contribution is 2.51. The van der Waals surface area contributed by atoms with Gasteiger partial charge in [-0.2, -0.15) is 0 Å². The Morgan fingerprint density at radius 1 is 0.275 bits per heavy atom. The van der Waals surface area contributed by atoms with Gasteiger partial charge in [0.2, 0.25) is 0 Å². The summed E-state index contributed by atoms with van der Waals surface area (Å²) >= 11 is 7.01. The molecule has 0 amide bonds. The van der Waals surface area contributed by atoms with Gasteiger partial charge in [0.1, 0.15) is 0 Å². The van der Waals surface area contributed by atoms with E-state index in [4.69, 9.17) is 12.2 Å². The summed E-state index contributed by atoms with van der Waals surface area (Å²) in [5, 5.41) is 0. The summed E-state index contributed by atoms with van der Waals surface area (Å²) in [6.07, 6.45) is 0. The number of hydrogen-bond acceptors (Lipinski definition) is 1. The molecule has 0 N–H and O–H groups in total. The zero-order valence-electron chi connectivity index (χ0n) is 22.2. The smallest absolute Gasteiger partial charge is 0.0780 e. The van der Waals surface area contributed by atoms with Crippen LogP contribution in [0.15, 0.2) is 182 Å². The molecule has 0 nitrogen and oxygen atoms in total. The fourth-order valence-corrected chi connectivity index (χ4v) is 6.90. The zero-order chi connectivity index (χ0) is 27.3. The Bertz CT molecular complexity index is 1340. The Morgan fingerprint density at radius 2 is 0.425 bits per heavy atom. The molecule has 192 valence electrons. The van der Waals surface area contributed by atoms with Crippen LogP contribution in [0.25, 0.3) is 0 Å². The summed E-state index contributed by atoms with van der Waals surface area (Å²) in [7, 11) is 0. The van der Waals surface area contributed by atoms with Crippen molar-refractivity contribution in [3.63, 3.8) is 0 Å². The van der Waals surface area contributed by atoms with Gasteiger partial charge in [0.15, 0.2) is 0 Å². The molecule has 0 atom stereocenters. The summed E-state index contributed by atoms with van der Waals surface area (Å²) in [6, 6.07) is 64.5. The van der Waals surface area contributed by atoms with Crippen molar-refractivity contribution in [1.82, 2.24) is 0 Å². The van der Waals surface area contributed by atoms with Gasteiger partial charge >= 0.3 is 0 Å². The molecule has 40 heavy (non-hydrogen) atoms. The van der Waals surface area contributed by atoms with E-state index in [0.717, 1.165) is 38.2 Å². The van der Waals surface area contributed by atoms with Crippen LogP contribution in [0.2, 0.25) is 0 Å². The molecular weight excluding hydrogens is 500 g/mol. The molecule has 6 aromatic carbocycles. The van der Waals surface area contributed by atoms with Gasteiger partial charge in [0, 0.05) is 4.86 Å². The minimum atomic E-state index is -0.735. The average Bonchev–Trinajstić information content (AvgIpc) is 3.05. The van der Waals surface area contributed by atoms with Gasteiger partial charge in [-0.15, -0.1) is 0 Å². The van der Waals surface area contributed by atoms with E-state index < -0.39 is 10.8 Å². The van der Waals surface area contributed by atoms with E-state index in [1.807, 2.05) is 0 Å². The summed E-state index contributed by atoms with van der Waals surface area (Å²) in [5.41, 5.74) is 5.39.